The first-order chi connectivity index (χ1) is 23.8. The zero-order valence-corrected chi connectivity index (χ0v) is 27.1. The second-order valence-electron chi connectivity index (χ2n) is 12.1. The molecule has 48 heavy (non-hydrogen) atoms. The molecule has 2 heteroatoms. The van der Waals surface area contributed by atoms with Gasteiger partial charge < -0.3 is 0 Å². The summed E-state index contributed by atoms with van der Waals surface area (Å²) in [6.07, 6.45) is 18.3. The van der Waals surface area contributed by atoms with Gasteiger partial charge in [-0.1, -0.05) is 146 Å². The van der Waals surface area contributed by atoms with Gasteiger partial charge in [-0.05, 0) is 88.0 Å². The maximum Gasteiger partial charge on any atom is 0.0790 e. The molecule has 0 saturated heterocycles. The minimum atomic E-state index is 0.813. The van der Waals surface area contributed by atoms with E-state index in [0.717, 1.165) is 53.8 Å². The van der Waals surface area contributed by atoms with Crippen molar-refractivity contribution >= 4 is 33.8 Å². The number of hydrogen-bond acceptors (Lipinski definition) is 2. The van der Waals surface area contributed by atoms with Crippen molar-refractivity contribution in [3.05, 3.63) is 204 Å². The normalized spacial score (nSPS) is 14.4. The molecule has 0 radical (unpaired) electrons. The van der Waals surface area contributed by atoms with Gasteiger partial charge in [-0.15, -0.1) is 0 Å². The van der Waals surface area contributed by atoms with E-state index >= 15 is 0 Å². The number of hydrogen-bond donors (Lipinski definition) is 0. The Kier molecular flexibility index (Phi) is 9.43. The summed E-state index contributed by atoms with van der Waals surface area (Å²) in [5, 5.41) is 2.42. The average molecular weight is 619 g/mol. The molecular formula is C46H38N2. The number of aliphatic imine (C=N–C) groups is 1. The Hall–Kier alpha value is -5.86. The van der Waals surface area contributed by atoms with Crippen molar-refractivity contribution in [2.24, 2.45) is 4.99 Å². The fraction of sp³-hybridized carbons (Fsp3) is 0.0870. The molecule has 1 aromatic heterocycles. The maximum absolute atomic E-state index is 5.57. The number of nitrogens with zero attached hydrogens (tertiary/aromatic N) is 2. The van der Waals surface area contributed by atoms with Gasteiger partial charge in [0.25, 0.3) is 0 Å². The van der Waals surface area contributed by atoms with Gasteiger partial charge in [-0.3, -0.25) is 4.98 Å². The lowest BCUT2D eigenvalue weighted by Crippen LogP contribution is -2.11. The second kappa shape index (κ2) is 14.7. The third-order valence-electron chi connectivity index (χ3n) is 8.93. The summed E-state index contributed by atoms with van der Waals surface area (Å²) in [5.74, 6) is 0. The zero-order valence-electron chi connectivity index (χ0n) is 27.1. The highest BCUT2D eigenvalue weighted by molar-refractivity contribution is 6.34. The molecule has 0 aliphatic heterocycles. The lowest BCUT2D eigenvalue weighted by atomic mass is 9.84. The molecule has 0 saturated carbocycles. The SMILES string of the molecule is C=C/C=C\c1ccccc1/N=C(/C(=C1\C=CCCC1)c1ccccc1Cc1ccc(-c2cccnc2)cc1)c1ccc2ccccc2c1. The van der Waals surface area contributed by atoms with Crippen LogP contribution in [0.2, 0.25) is 0 Å². The van der Waals surface area contributed by atoms with Crippen LogP contribution in [0.4, 0.5) is 5.69 Å². The molecule has 0 amide bonds. The van der Waals surface area contributed by atoms with Gasteiger partial charge in [0.15, 0.2) is 0 Å². The first-order valence-corrected chi connectivity index (χ1v) is 16.7. The molecule has 2 nitrogen and oxygen atoms in total. The molecule has 1 heterocycles. The lowest BCUT2D eigenvalue weighted by Gasteiger charge is -2.22. The monoisotopic (exact) mass is 618 g/mol. The van der Waals surface area contributed by atoms with E-state index in [1.165, 1.54) is 44.2 Å². The van der Waals surface area contributed by atoms with E-state index in [-0.39, 0.29) is 0 Å². The highest BCUT2D eigenvalue weighted by Crippen LogP contribution is 2.36. The largest absolute Gasteiger partial charge is 0.264 e. The fourth-order valence-electron chi connectivity index (χ4n) is 6.49. The number of benzene rings is 5. The first-order valence-electron chi connectivity index (χ1n) is 16.7. The second-order valence-corrected chi connectivity index (χ2v) is 12.1. The number of rotatable bonds is 9. The Morgan fingerprint density at radius 1 is 0.771 bits per heavy atom. The predicted octanol–water partition coefficient (Wildman–Crippen LogP) is 12.0. The van der Waals surface area contributed by atoms with Gasteiger partial charge in [0.1, 0.15) is 0 Å². The van der Waals surface area contributed by atoms with E-state index in [4.69, 9.17) is 4.99 Å². The average Bonchev–Trinajstić information content (AvgIpc) is 3.15. The predicted molar refractivity (Wildman–Crippen MR) is 205 cm³/mol. The molecule has 0 fully saturated rings. The van der Waals surface area contributed by atoms with Crippen LogP contribution < -0.4 is 0 Å². The van der Waals surface area contributed by atoms with E-state index in [0.29, 0.717) is 0 Å². The molecule has 232 valence electrons. The Balaban J connectivity index is 1.41. The standard InChI is InChI=1S/C46H38N2/c1-2-3-14-37-16-10-12-23-44(37)48-46(41-29-28-35-15-7-8-19-39(35)32-41)45(38-17-5-4-6-18-38)43-22-11-9-20-40(43)31-34-24-26-36(27-25-34)42-21-13-30-47-33-42/h2-3,5,7-17,19-30,32-33H,1,4,6,18,31H2/b14-3-,45-38+,48-46+. The van der Waals surface area contributed by atoms with Gasteiger partial charge in [-0.25, -0.2) is 4.99 Å². The summed E-state index contributed by atoms with van der Waals surface area (Å²) in [4.78, 5) is 9.87. The van der Waals surface area contributed by atoms with Gasteiger partial charge in [0.05, 0.1) is 11.4 Å². The van der Waals surface area contributed by atoms with Crippen molar-refractivity contribution in [1.82, 2.24) is 4.98 Å². The molecule has 0 bridgehead atoms. The van der Waals surface area contributed by atoms with Gasteiger partial charge in [0.2, 0.25) is 0 Å². The summed E-state index contributed by atoms with van der Waals surface area (Å²) < 4.78 is 0. The third-order valence-corrected chi connectivity index (χ3v) is 8.93. The summed E-state index contributed by atoms with van der Waals surface area (Å²) in [7, 11) is 0. The van der Waals surface area contributed by atoms with E-state index in [1.807, 2.05) is 30.6 Å². The van der Waals surface area contributed by atoms with Crippen molar-refractivity contribution in [2.45, 2.75) is 25.7 Å². The fourth-order valence-corrected chi connectivity index (χ4v) is 6.49. The Labute approximate surface area is 283 Å². The summed E-state index contributed by atoms with van der Waals surface area (Å²) >= 11 is 0. The minimum absolute atomic E-state index is 0.813. The quantitative estimate of drug-likeness (QED) is 0.117. The van der Waals surface area contributed by atoms with Crippen molar-refractivity contribution in [3.63, 3.8) is 0 Å². The summed E-state index contributed by atoms with van der Waals surface area (Å²) in [6.45, 7) is 3.90. The highest BCUT2D eigenvalue weighted by Gasteiger charge is 2.21. The molecule has 1 aliphatic carbocycles. The van der Waals surface area contributed by atoms with Gasteiger partial charge in [0, 0.05) is 29.1 Å². The Bertz CT molecular complexity index is 2180. The van der Waals surface area contributed by atoms with Crippen LogP contribution >= 0.6 is 0 Å². The molecule has 0 spiro atoms. The number of allylic oxidation sites excluding steroid dienone is 6. The van der Waals surface area contributed by atoms with Crippen LogP contribution in [-0.2, 0) is 6.42 Å². The number of aromatic nitrogens is 1. The molecule has 7 rings (SSSR count). The third kappa shape index (κ3) is 6.94. The van der Waals surface area contributed by atoms with E-state index in [1.54, 1.807) is 0 Å². The van der Waals surface area contributed by atoms with Crippen LogP contribution in [0.25, 0.3) is 33.5 Å². The van der Waals surface area contributed by atoms with Crippen LogP contribution in [0.5, 0.6) is 0 Å². The summed E-state index contributed by atoms with van der Waals surface area (Å²) in [5.41, 5.74) is 12.7. The molecule has 6 aromatic rings. The highest BCUT2D eigenvalue weighted by atomic mass is 14.8. The van der Waals surface area contributed by atoms with Crippen LogP contribution in [0.3, 0.4) is 0 Å². The first kappa shape index (κ1) is 30.8. The van der Waals surface area contributed by atoms with Crippen molar-refractivity contribution in [2.75, 3.05) is 0 Å². The minimum Gasteiger partial charge on any atom is -0.264 e. The Morgan fingerprint density at radius 2 is 1.58 bits per heavy atom. The van der Waals surface area contributed by atoms with Gasteiger partial charge >= 0.3 is 0 Å². The van der Waals surface area contributed by atoms with Crippen molar-refractivity contribution < 1.29 is 0 Å². The molecule has 0 N–H and O–H groups in total. The van der Waals surface area contributed by atoms with Gasteiger partial charge in [-0.2, -0.15) is 0 Å². The molecular weight excluding hydrogens is 581 g/mol. The topological polar surface area (TPSA) is 25.2 Å². The lowest BCUT2D eigenvalue weighted by molar-refractivity contribution is 0.823. The summed E-state index contributed by atoms with van der Waals surface area (Å²) in [6, 6.07) is 45.5. The van der Waals surface area contributed by atoms with Crippen LogP contribution in [0, 0.1) is 0 Å². The molecule has 0 unspecified atom stereocenters. The van der Waals surface area contributed by atoms with E-state index < -0.39 is 0 Å². The zero-order chi connectivity index (χ0) is 32.5. The smallest absolute Gasteiger partial charge is 0.0790 e. The molecule has 5 aromatic carbocycles. The molecule has 0 atom stereocenters. The number of pyridine rings is 1. The molecule has 1 aliphatic rings. The van der Waals surface area contributed by atoms with Crippen molar-refractivity contribution in [3.8, 4) is 11.1 Å². The number of para-hydroxylation sites is 1. The van der Waals surface area contributed by atoms with Crippen LogP contribution in [-0.4, -0.2) is 10.7 Å². The van der Waals surface area contributed by atoms with E-state index in [2.05, 4.69) is 151 Å². The van der Waals surface area contributed by atoms with E-state index in [9.17, 15) is 0 Å². The van der Waals surface area contributed by atoms with Crippen LogP contribution in [0.1, 0.15) is 47.1 Å². The van der Waals surface area contributed by atoms with Crippen LogP contribution in [0.15, 0.2) is 181 Å². The van der Waals surface area contributed by atoms with Crippen molar-refractivity contribution in [1.29, 1.82) is 0 Å². The number of fused-ring (bicyclic) bond motifs is 1. The Morgan fingerprint density at radius 3 is 2.40 bits per heavy atom. The maximum atomic E-state index is 5.57.